The summed E-state index contributed by atoms with van der Waals surface area (Å²) < 4.78 is 18.0. The smallest absolute Gasteiger partial charge is 0.263 e. The fourth-order valence-electron chi connectivity index (χ4n) is 4.31. The molecule has 4 rings (SSSR count). The molecule has 3 atom stereocenters. The lowest BCUT2D eigenvalue weighted by molar-refractivity contribution is 0.0785. The Morgan fingerprint density at radius 3 is 2.93 bits per heavy atom. The molecule has 2 aromatic heterocycles. The largest absolute Gasteiger partial charge is 0.378 e. The maximum Gasteiger partial charge on any atom is 0.263 e. The molecular formula is C20H24BrFN4O2S. The van der Waals surface area contributed by atoms with Gasteiger partial charge in [0.05, 0.1) is 18.1 Å². The topological polar surface area (TPSA) is 67.3 Å². The highest BCUT2D eigenvalue weighted by atomic mass is 79.9. The van der Waals surface area contributed by atoms with Crippen molar-refractivity contribution in [2.75, 3.05) is 38.3 Å². The van der Waals surface area contributed by atoms with E-state index in [1.165, 1.54) is 11.3 Å². The van der Waals surface area contributed by atoms with Crippen LogP contribution in [-0.4, -0.2) is 60.0 Å². The van der Waals surface area contributed by atoms with Crippen LogP contribution in [0.1, 0.15) is 27.4 Å². The van der Waals surface area contributed by atoms with E-state index in [0.717, 1.165) is 41.5 Å². The van der Waals surface area contributed by atoms with Crippen LogP contribution in [-0.2, 0) is 11.2 Å². The summed E-state index contributed by atoms with van der Waals surface area (Å²) in [6.45, 7) is 1.75. The van der Waals surface area contributed by atoms with Crippen LogP contribution in [0, 0.1) is 11.8 Å². The number of thiophene rings is 1. The van der Waals surface area contributed by atoms with Crippen molar-refractivity contribution >= 4 is 39.0 Å². The van der Waals surface area contributed by atoms with E-state index in [4.69, 9.17) is 4.74 Å². The normalized spacial score (nSPS) is 23.4. The van der Waals surface area contributed by atoms with Crippen LogP contribution in [0.2, 0.25) is 0 Å². The Hall–Kier alpha value is -1.58. The third-order valence-electron chi connectivity index (χ3n) is 5.70. The lowest BCUT2D eigenvalue weighted by Crippen LogP contribution is -2.33. The van der Waals surface area contributed by atoms with Crippen molar-refractivity contribution in [3.05, 3.63) is 38.6 Å². The number of nitrogens with zero attached hydrogens (tertiary/aromatic N) is 3. The number of alkyl halides is 1. The molecule has 1 N–H and O–H groups in total. The van der Waals surface area contributed by atoms with E-state index in [1.807, 2.05) is 29.2 Å². The summed E-state index contributed by atoms with van der Waals surface area (Å²) in [5.41, 5.74) is 0. The molecule has 0 unspecified atom stereocenters. The van der Waals surface area contributed by atoms with Crippen molar-refractivity contribution in [3.8, 4) is 0 Å². The second kappa shape index (κ2) is 9.49. The lowest BCUT2D eigenvalue weighted by atomic mass is 9.98. The number of hydrogen-bond acceptors (Lipinski definition) is 6. The van der Waals surface area contributed by atoms with Gasteiger partial charge in [0.2, 0.25) is 0 Å². The molecule has 2 aromatic rings. The van der Waals surface area contributed by atoms with Crippen molar-refractivity contribution in [1.29, 1.82) is 0 Å². The molecule has 0 radical (unpaired) electrons. The average Bonchev–Trinajstić information content (AvgIpc) is 3.44. The predicted octanol–water partition coefficient (Wildman–Crippen LogP) is 3.79. The van der Waals surface area contributed by atoms with Crippen LogP contribution in [0.4, 0.5) is 10.2 Å². The van der Waals surface area contributed by atoms with Gasteiger partial charge >= 0.3 is 0 Å². The van der Waals surface area contributed by atoms with E-state index >= 15 is 0 Å². The second-order valence-corrected chi connectivity index (χ2v) is 9.50. The Bertz CT molecular complexity index is 834. The van der Waals surface area contributed by atoms with Crippen LogP contribution < -0.4 is 5.32 Å². The zero-order valence-electron chi connectivity index (χ0n) is 16.0. The van der Waals surface area contributed by atoms with Gasteiger partial charge in [-0.15, -0.1) is 21.5 Å². The Kier molecular flexibility index (Phi) is 6.77. The van der Waals surface area contributed by atoms with E-state index in [1.54, 1.807) is 0 Å². The van der Waals surface area contributed by atoms with Gasteiger partial charge in [-0.3, -0.25) is 4.79 Å². The quantitative estimate of drug-likeness (QED) is 0.579. The van der Waals surface area contributed by atoms with Gasteiger partial charge in [-0.25, -0.2) is 4.39 Å². The fraction of sp³-hybridized carbons (Fsp3) is 0.550. The third kappa shape index (κ3) is 4.95. The van der Waals surface area contributed by atoms with Crippen LogP contribution >= 0.6 is 27.3 Å². The van der Waals surface area contributed by atoms with Gasteiger partial charge in [-0.2, -0.15) is 0 Å². The summed E-state index contributed by atoms with van der Waals surface area (Å²) in [5.74, 6) is 1.87. The summed E-state index contributed by atoms with van der Waals surface area (Å²) in [6, 6.07) is 8.00. The Balaban J connectivity index is 1.32. The van der Waals surface area contributed by atoms with E-state index < -0.39 is 6.67 Å². The first kappa shape index (κ1) is 20.7. The van der Waals surface area contributed by atoms with Crippen LogP contribution in [0.25, 0.3) is 0 Å². The first-order chi connectivity index (χ1) is 14.1. The Labute approximate surface area is 182 Å². The first-order valence-electron chi connectivity index (χ1n) is 9.91. The van der Waals surface area contributed by atoms with Crippen molar-refractivity contribution in [2.45, 2.75) is 25.3 Å². The van der Waals surface area contributed by atoms with Crippen LogP contribution in [0.5, 0.6) is 0 Å². The van der Waals surface area contributed by atoms with Crippen LogP contribution in [0.3, 0.4) is 0 Å². The number of aromatic nitrogens is 2. The predicted molar refractivity (Wildman–Crippen MR) is 114 cm³/mol. The maximum atomic E-state index is 13.0. The number of amides is 1. The highest BCUT2D eigenvalue weighted by molar-refractivity contribution is 9.10. The number of carbonyl (C=O) groups excluding carboxylic acids is 1. The van der Waals surface area contributed by atoms with Crippen molar-refractivity contribution in [3.63, 3.8) is 0 Å². The molecule has 0 aromatic carbocycles. The zero-order valence-corrected chi connectivity index (χ0v) is 18.4. The van der Waals surface area contributed by atoms with E-state index in [0.29, 0.717) is 35.5 Å². The van der Waals surface area contributed by atoms with Crippen molar-refractivity contribution in [1.82, 2.24) is 15.1 Å². The standard InChI is InChI=1S/C20H24BrFN4O2S/c21-18-5-6-19(25-24-18)23-16-3-1-13-11-26(12-15(13)16)20(27)17-4-2-14(29-17)7-9-28-10-8-22/h2,4-6,13,15-16H,1,3,7-12H2,(H,23,25)/t13-,15+,16+/m0/s1. The summed E-state index contributed by atoms with van der Waals surface area (Å²) in [7, 11) is 0. The number of fused-ring (bicyclic) bond motifs is 1. The molecule has 9 heteroatoms. The molecule has 29 heavy (non-hydrogen) atoms. The summed E-state index contributed by atoms with van der Waals surface area (Å²) in [6.07, 6.45) is 2.93. The molecule has 2 aliphatic rings. The highest BCUT2D eigenvalue weighted by Gasteiger charge is 2.44. The lowest BCUT2D eigenvalue weighted by Gasteiger charge is -2.21. The highest BCUT2D eigenvalue weighted by Crippen LogP contribution is 2.40. The Morgan fingerprint density at radius 1 is 1.24 bits per heavy atom. The summed E-state index contributed by atoms with van der Waals surface area (Å²) in [5, 5.41) is 11.7. The van der Waals surface area contributed by atoms with Gasteiger partial charge in [-0.1, -0.05) is 0 Å². The molecule has 0 bridgehead atoms. The number of nitrogens with one attached hydrogen (secondary N) is 1. The summed E-state index contributed by atoms with van der Waals surface area (Å²) in [4.78, 5) is 16.8. The molecule has 156 valence electrons. The monoisotopic (exact) mass is 482 g/mol. The van der Waals surface area contributed by atoms with E-state index in [-0.39, 0.29) is 12.5 Å². The molecular weight excluding hydrogens is 459 g/mol. The van der Waals surface area contributed by atoms with Gasteiger partial charge in [0.1, 0.15) is 17.1 Å². The molecule has 1 saturated carbocycles. The average molecular weight is 483 g/mol. The minimum absolute atomic E-state index is 0.113. The number of carbonyl (C=O) groups is 1. The number of hydrogen-bond donors (Lipinski definition) is 1. The van der Waals surface area contributed by atoms with E-state index in [2.05, 4.69) is 31.4 Å². The molecule has 1 saturated heterocycles. The van der Waals surface area contributed by atoms with Gasteiger partial charge in [0.15, 0.2) is 0 Å². The molecule has 2 fully saturated rings. The molecule has 6 nitrogen and oxygen atoms in total. The third-order valence-corrected chi connectivity index (χ3v) is 7.25. The van der Waals surface area contributed by atoms with Gasteiger partial charge in [0, 0.05) is 36.3 Å². The number of halogens is 2. The minimum Gasteiger partial charge on any atom is -0.378 e. The zero-order chi connectivity index (χ0) is 20.2. The molecule has 1 aliphatic heterocycles. The summed E-state index contributed by atoms with van der Waals surface area (Å²) >= 11 is 4.82. The van der Waals surface area contributed by atoms with E-state index in [9.17, 15) is 9.18 Å². The maximum absolute atomic E-state index is 13.0. The molecule has 1 amide bonds. The second-order valence-electron chi connectivity index (χ2n) is 7.52. The number of rotatable bonds is 8. The fourth-order valence-corrected chi connectivity index (χ4v) is 5.47. The van der Waals surface area contributed by atoms with Crippen LogP contribution in [0.15, 0.2) is 28.9 Å². The van der Waals surface area contributed by atoms with Crippen molar-refractivity contribution in [2.24, 2.45) is 11.8 Å². The SMILES string of the molecule is O=C(c1ccc(CCOCCF)s1)N1C[C@@H]2CC[C@@H](Nc3ccc(Br)nn3)[C@@H]2C1. The number of likely N-dealkylation sites (tertiary alicyclic amines) is 1. The first-order valence-corrected chi connectivity index (χ1v) is 11.5. The van der Waals surface area contributed by atoms with Gasteiger partial charge in [-0.05, 0) is 59.0 Å². The Morgan fingerprint density at radius 2 is 2.14 bits per heavy atom. The minimum atomic E-state index is -0.463. The molecule has 3 heterocycles. The molecule has 0 spiro atoms. The van der Waals surface area contributed by atoms with Gasteiger partial charge < -0.3 is 15.0 Å². The molecule has 1 aliphatic carbocycles. The van der Waals surface area contributed by atoms with Crippen molar-refractivity contribution < 1.29 is 13.9 Å². The van der Waals surface area contributed by atoms with Gasteiger partial charge in [0.25, 0.3) is 5.91 Å². The number of ether oxygens (including phenoxy) is 1. The number of anilines is 1.